The zero-order valence-corrected chi connectivity index (χ0v) is 8.63. The van der Waals surface area contributed by atoms with E-state index in [1.165, 1.54) is 6.07 Å². The van der Waals surface area contributed by atoms with Crippen molar-refractivity contribution in [1.29, 1.82) is 5.26 Å². The summed E-state index contributed by atoms with van der Waals surface area (Å²) in [7, 11) is 1.93. The van der Waals surface area contributed by atoms with Gasteiger partial charge in [-0.3, -0.25) is 0 Å². The fraction of sp³-hybridized carbons (Fsp3) is 0.417. The minimum absolute atomic E-state index is 0.155. The Morgan fingerprint density at radius 2 is 2.40 bits per heavy atom. The lowest BCUT2D eigenvalue weighted by atomic mass is 10.1. The number of nitriles is 1. The molecule has 3 heteroatoms. The molecule has 2 unspecified atom stereocenters. The number of nitrogens with zero attached hydrogens (tertiary/aromatic N) is 1. The summed E-state index contributed by atoms with van der Waals surface area (Å²) in [6, 6.07) is 6.73. The fourth-order valence-electron chi connectivity index (χ4n) is 2.00. The summed E-state index contributed by atoms with van der Waals surface area (Å²) in [6.45, 7) is 0.990. The molecule has 0 radical (unpaired) electrons. The Morgan fingerprint density at radius 3 is 3.07 bits per heavy atom. The Labute approximate surface area is 88.7 Å². The maximum absolute atomic E-state index is 13.1. The smallest absolute Gasteiger partial charge is 0.140 e. The van der Waals surface area contributed by atoms with Crippen molar-refractivity contribution < 1.29 is 4.39 Å². The lowest BCUT2D eigenvalue weighted by molar-refractivity contribution is 0.622. The Bertz CT molecular complexity index is 409. The van der Waals surface area contributed by atoms with E-state index in [9.17, 15) is 4.39 Å². The van der Waals surface area contributed by atoms with E-state index >= 15 is 0 Å². The van der Waals surface area contributed by atoms with Crippen LogP contribution in [-0.4, -0.2) is 13.6 Å². The van der Waals surface area contributed by atoms with Crippen molar-refractivity contribution in [3.05, 3.63) is 35.1 Å². The average molecular weight is 204 g/mol. The monoisotopic (exact) mass is 204 g/mol. The minimum atomic E-state index is -0.424. The molecule has 0 aliphatic heterocycles. The molecule has 0 heterocycles. The Hall–Kier alpha value is -1.40. The average Bonchev–Trinajstić information content (AvgIpc) is 2.99. The van der Waals surface area contributed by atoms with Crippen LogP contribution in [0.2, 0.25) is 0 Å². The SMILES string of the molecule is CNCC1CC1c1ccc(F)c(C#N)c1. The molecule has 2 nitrogen and oxygen atoms in total. The summed E-state index contributed by atoms with van der Waals surface area (Å²) < 4.78 is 13.1. The van der Waals surface area contributed by atoms with Crippen LogP contribution in [0.4, 0.5) is 4.39 Å². The number of halogens is 1. The van der Waals surface area contributed by atoms with Gasteiger partial charge in [0.05, 0.1) is 5.56 Å². The first-order valence-corrected chi connectivity index (χ1v) is 5.10. The van der Waals surface area contributed by atoms with Crippen LogP contribution in [0.3, 0.4) is 0 Å². The highest BCUT2D eigenvalue weighted by molar-refractivity contribution is 5.38. The minimum Gasteiger partial charge on any atom is -0.319 e. The molecular weight excluding hydrogens is 191 g/mol. The second-order valence-corrected chi connectivity index (χ2v) is 4.01. The fourth-order valence-corrected chi connectivity index (χ4v) is 2.00. The molecule has 1 saturated carbocycles. The van der Waals surface area contributed by atoms with Gasteiger partial charge in [0, 0.05) is 0 Å². The van der Waals surface area contributed by atoms with E-state index in [1.54, 1.807) is 12.1 Å². The third-order valence-corrected chi connectivity index (χ3v) is 2.93. The standard InChI is InChI=1S/C12H13FN2/c1-15-7-10-5-11(10)8-2-3-12(13)9(4-8)6-14/h2-4,10-11,15H,5,7H2,1H3. The number of rotatable bonds is 3. The van der Waals surface area contributed by atoms with Crippen molar-refractivity contribution in [3.8, 4) is 6.07 Å². The van der Waals surface area contributed by atoms with Crippen LogP contribution in [-0.2, 0) is 0 Å². The molecule has 0 saturated heterocycles. The van der Waals surface area contributed by atoms with Gasteiger partial charge in [-0.2, -0.15) is 5.26 Å². The first-order valence-electron chi connectivity index (χ1n) is 5.10. The van der Waals surface area contributed by atoms with Crippen molar-refractivity contribution in [2.75, 3.05) is 13.6 Å². The zero-order chi connectivity index (χ0) is 10.8. The van der Waals surface area contributed by atoms with Crippen molar-refractivity contribution in [3.63, 3.8) is 0 Å². The van der Waals surface area contributed by atoms with E-state index in [1.807, 2.05) is 13.1 Å². The van der Waals surface area contributed by atoms with Gasteiger partial charge in [0.15, 0.2) is 0 Å². The van der Waals surface area contributed by atoms with Crippen LogP contribution in [0.1, 0.15) is 23.5 Å². The second kappa shape index (κ2) is 4.00. The summed E-state index contributed by atoms with van der Waals surface area (Å²) >= 11 is 0. The molecule has 0 aromatic heterocycles. The quantitative estimate of drug-likeness (QED) is 0.817. The molecule has 2 rings (SSSR count). The summed E-state index contributed by atoms with van der Waals surface area (Å²) in [5, 5.41) is 11.8. The maximum atomic E-state index is 13.1. The molecule has 1 aliphatic rings. The van der Waals surface area contributed by atoms with Crippen molar-refractivity contribution >= 4 is 0 Å². The summed E-state index contributed by atoms with van der Waals surface area (Å²) in [5.74, 6) is 0.726. The van der Waals surface area contributed by atoms with Gasteiger partial charge in [0.2, 0.25) is 0 Å². The van der Waals surface area contributed by atoms with Crippen molar-refractivity contribution in [2.24, 2.45) is 5.92 Å². The first-order chi connectivity index (χ1) is 7.26. The number of hydrogen-bond acceptors (Lipinski definition) is 2. The van der Waals surface area contributed by atoms with Crippen molar-refractivity contribution in [2.45, 2.75) is 12.3 Å². The third-order valence-electron chi connectivity index (χ3n) is 2.93. The van der Waals surface area contributed by atoms with E-state index in [0.717, 1.165) is 18.5 Å². The van der Waals surface area contributed by atoms with E-state index in [2.05, 4.69) is 5.32 Å². The Kier molecular flexibility index (Phi) is 2.70. The Balaban J connectivity index is 2.15. The van der Waals surface area contributed by atoms with Gasteiger partial charge < -0.3 is 5.32 Å². The normalized spacial score (nSPS) is 23.5. The van der Waals surface area contributed by atoms with Gasteiger partial charge in [-0.25, -0.2) is 4.39 Å². The summed E-state index contributed by atoms with van der Waals surface area (Å²) in [6.07, 6.45) is 1.14. The van der Waals surface area contributed by atoms with Gasteiger partial charge in [0.25, 0.3) is 0 Å². The molecule has 1 aromatic rings. The number of nitrogens with one attached hydrogen (secondary N) is 1. The van der Waals surface area contributed by atoms with Crippen LogP contribution < -0.4 is 5.32 Å². The topological polar surface area (TPSA) is 35.8 Å². The molecule has 0 amide bonds. The highest BCUT2D eigenvalue weighted by atomic mass is 19.1. The molecular formula is C12H13FN2. The number of benzene rings is 1. The van der Waals surface area contributed by atoms with Gasteiger partial charge >= 0.3 is 0 Å². The lowest BCUT2D eigenvalue weighted by Crippen LogP contribution is -2.10. The lowest BCUT2D eigenvalue weighted by Gasteiger charge is -2.01. The molecule has 1 aromatic carbocycles. The van der Waals surface area contributed by atoms with Gasteiger partial charge in [-0.15, -0.1) is 0 Å². The van der Waals surface area contributed by atoms with E-state index < -0.39 is 5.82 Å². The van der Waals surface area contributed by atoms with E-state index in [4.69, 9.17) is 5.26 Å². The predicted octanol–water partition coefficient (Wildman–Crippen LogP) is 2.02. The van der Waals surface area contributed by atoms with Crippen LogP contribution in [0.5, 0.6) is 0 Å². The molecule has 1 N–H and O–H groups in total. The van der Waals surface area contributed by atoms with Gasteiger partial charge in [-0.05, 0) is 49.5 Å². The van der Waals surface area contributed by atoms with Crippen molar-refractivity contribution in [1.82, 2.24) is 5.32 Å². The highest BCUT2D eigenvalue weighted by Crippen LogP contribution is 2.47. The number of hydrogen-bond donors (Lipinski definition) is 1. The van der Waals surface area contributed by atoms with E-state index in [0.29, 0.717) is 11.8 Å². The largest absolute Gasteiger partial charge is 0.319 e. The van der Waals surface area contributed by atoms with Gasteiger partial charge in [0.1, 0.15) is 11.9 Å². The van der Waals surface area contributed by atoms with E-state index in [-0.39, 0.29) is 5.56 Å². The predicted molar refractivity (Wildman–Crippen MR) is 55.9 cm³/mol. The van der Waals surface area contributed by atoms with Crippen LogP contribution >= 0.6 is 0 Å². The second-order valence-electron chi connectivity index (χ2n) is 4.01. The van der Waals surface area contributed by atoms with Crippen LogP contribution in [0, 0.1) is 23.1 Å². The zero-order valence-electron chi connectivity index (χ0n) is 8.63. The highest BCUT2D eigenvalue weighted by Gasteiger charge is 2.37. The molecule has 78 valence electrons. The molecule has 0 bridgehead atoms. The molecule has 1 aliphatic carbocycles. The molecule has 2 atom stereocenters. The molecule has 1 fully saturated rings. The molecule has 15 heavy (non-hydrogen) atoms. The van der Waals surface area contributed by atoms with Crippen LogP contribution in [0.25, 0.3) is 0 Å². The summed E-state index contributed by atoms with van der Waals surface area (Å²) in [4.78, 5) is 0. The third kappa shape index (κ3) is 2.00. The van der Waals surface area contributed by atoms with Gasteiger partial charge in [-0.1, -0.05) is 6.07 Å². The summed E-state index contributed by atoms with van der Waals surface area (Å²) in [5.41, 5.74) is 1.25. The first kappa shape index (κ1) is 10.1. The maximum Gasteiger partial charge on any atom is 0.140 e. The van der Waals surface area contributed by atoms with Crippen LogP contribution in [0.15, 0.2) is 18.2 Å². The molecule has 0 spiro atoms. The Morgan fingerprint density at radius 1 is 1.60 bits per heavy atom.